The molecule has 0 saturated carbocycles. The van der Waals surface area contributed by atoms with E-state index in [-0.39, 0.29) is 28.6 Å². The SMILES string of the molecule is CCCCC1(CCCC)c2ccccc2-c2ccc(C(=O)c3ccc4c(c3)c3cc(C(=O)/C(CC(C)C)=N/OC(C)=O)ccc3n4CC)cc21. The maximum Gasteiger partial charge on any atom is 0.331 e. The van der Waals surface area contributed by atoms with Gasteiger partial charge in [0.2, 0.25) is 5.78 Å². The van der Waals surface area contributed by atoms with Crippen LogP contribution in [0.25, 0.3) is 32.9 Å². The van der Waals surface area contributed by atoms with Crippen molar-refractivity contribution in [1.29, 1.82) is 0 Å². The predicted octanol–water partition coefficient (Wildman–Crippen LogP) is 10.8. The Morgan fingerprint density at radius 2 is 1.32 bits per heavy atom. The number of benzene rings is 4. The van der Waals surface area contributed by atoms with Gasteiger partial charge < -0.3 is 9.40 Å². The van der Waals surface area contributed by atoms with Crippen LogP contribution in [0, 0.1) is 5.92 Å². The maximum atomic E-state index is 14.4. The fraction of sp³-hybridized carbons (Fsp3) is 0.364. The van der Waals surface area contributed by atoms with Gasteiger partial charge in [0.1, 0.15) is 5.71 Å². The Morgan fingerprint density at radius 3 is 1.94 bits per heavy atom. The largest absolute Gasteiger partial charge is 0.341 e. The van der Waals surface area contributed by atoms with Gasteiger partial charge in [-0.3, -0.25) is 9.59 Å². The number of unbranched alkanes of at least 4 members (excludes halogenated alkanes) is 2. The predicted molar refractivity (Wildman–Crippen MR) is 203 cm³/mol. The van der Waals surface area contributed by atoms with E-state index in [1.165, 1.54) is 29.2 Å². The van der Waals surface area contributed by atoms with Crippen LogP contribution in [0.1, 0.15) is 124 Å². The third-order valence-corrected chi connectivity index (χ3v) is 10.3. The second-order valence-electron chi connectivity index (χ2n) is 14.2. The summed E-state index contributed by atoms with van der Waals surface area (Å²) in [5.41, 5.74) is 9.10. The van der Waals surface area contributed by atoms with E-state index >= 15 is 0 Å². The molecule has 258 valence electrons. The molecule has 0 atom stereocenters. The molecule has 1 aliphatic rings. The van der Waals surface area contributed by atoms with Crippen LogP contribution in [-0.2, 0) is 21.6 Å². The molecule has 6 rings (SSSR count). The molecule has 6 heteroatoms. The van der Waals surface area contributed by atoms with Crippen LogP contribution in [0.2, 0.25) is 0 Å². The fourth-order valence-electron chi connectivity index (χ4n) is 7.96. The van der Waals surface area contributed by atoms with Crippen molar-refractivity contribution >= 4 is 45.1 Å². The molecule has 0 amide bonds. The molecule has 1 aromatic heterocycles. The molecule has 0 N–H and O–H groups in total. The summed E-state index contributed by atoms with van der Waals surface area (Å²) >= 11 is 0. The Labute approximate surface area is 295 Å². The highest BCUT2D eigenvalue weighted by Crippen LogP contribution is 2.54. The van der Waals surface area contributed by atoms with E-state index in [0.717, 1.165) is 66.9 Å². The average Bonchev–Trinajstić information content (AvgIpc) is 3.59. The Morgan fingerprint density at radius 1 is 0.740 bits per heavy atom. The summed E-state index contributed by atoms with van der Waals surface area (Å²) in [6, 6.07) is 26.7. The highest BCUT2D eigenvalue weighted by atomic mass is 16.7. The van der Waals surface area contributed by atoms with Crippen LogP contribution >= 0.6 is 0 Å². The Hall–Kier alpha value is -4.84. The van der Waals surface area contributed by atoms with Gasteiger partial charge in [0, 0.05) is 57.4 Å². The number of fused-ring (bicyclic) bond motifs is 6. The van der Waals surface area contributed by atoms with Gasteiger partial charge in [0.15, 0.2) is 5.78 Å². The smallest absolute Gasteiger partial charge is 0.331 e. The molecule has 0 bridgehead atoms. The topological polar surface area (TPSA) is 77.7 Å². The van der Waals surface area contributed by atoms with Gasteiger partial charge in [-0.1, -0.05) is 94.9 Å². The lowest BCUT2D eigenvalue weighted by atomic mass is 9.70. The fourth-order valence-corrected chi connectivity index (χ4v) is 7.96. The van der Waals surface area contributed by atoms with E-state index in [1.807, 2.05) is 50.2 Å². The average molecular weight is 669 g/mol. The Bertz CT molecular complexity index is 2130. The zero-order valence-corrected chi connectivity index (χ0v) is 30.3. The molecule has 4 aromatic carbocycles. The zero-order valence-electron chi connectivity index (χ0n) is 30.3. The molecule has 0 radical (unpaired) electrons. The van der Waals surface area contributed by atoms with Gasteiger partial charge in [0.25, 0.3) is 0 Å². The number of oxime groups is 1. The quantitative estimate of drug-likeness (QED) is 0.0511. The summed E-state index contributed by atoms with van der Waals surface area (Å²) in [6.45, 7) is 12.6. The second-order valence-corrected chi connectivity index (χ2v) is 14.2. The van der Waals surface area contributed by atoms with Crippen molar-refractivity contribution in [2.45, 2.75) is 98.4 Å². The van der Waals surface area contributed by atoms with Gasteiger partial charge in [-0.05, 0) is 96.8 Å². The normalized spacial score (nSPS) is 13.5. The summed E-state index contributed by atoms with van der Waals surface area (Å²) in [5.74, 6) is -0.717. The number of hydrogen-bond donors (Lipinski definition) is 0. The van der Waals surface area contributed by atoms with E-state index in [1.54, 1.807) is 6.07 Å². The first kappa shape index (κ1) is 35.0. The van der Waals surface area contributed by atoms with Crippen LogP contribution in [-0.4, -0.2) is 27.8 Å². The Kier molecular flexibility index (Phi) is 10.2. The number of hydrogen-bond acceptors (Lipinski definition) is 5. The summed E-state index contributed by atoms with van der Waals surface area (Å²) in [5, 5.41) is 5.73. The van der Waals surface area contributed by atoms with Gasteiger partial charge in [-0.2, -0.15) is 0 Å². The minimum atomic E-state index is -0.571. The van der Waals surface area contributed by atoms with Crippen LogP contribution in [0.15, 0.2) is 84.0 Å². The third kappa shape index (κ3) is 6.32. The van der Waals surface area contributed by atoms with Gasteiger partial charge in [-0.25, -0.2) is 4.79 Å². The minimum absolute atomic E-state index is 0.0112. The molecular formula is C44H48N2O4. The molecule has 1 aliphatic carbocycles. The van der Waals surface area contributed by atoms with E-state index in [9.17, 15) is 14.4 Å². The summed E-state index contributed by atoms with van der Waals surface area (Å²) in [7, 11) is 0. The van der Waals surface area contributed by atoms with Gasteiger partial charge in [-0.15, -0.1) is 0 Å². The lowest BCUT2D eigenvalue weighted by Crippen LogP contribution is -2.25. The van der Waals surface area contributed by atoms with E-state index in [0.29, 0.717) is 23.1 Å². The number of ketones is 2. The molecule has 0 spiro atoms. The number of aromatic nitrogens is 1. The molecule has 0 unspecified atom stereocenters. The van der Waals surface area contributed by atoms with Crippen molar-refractivity contribution in [2.24, 2.45) is 11.1 Å². The molecule has 0 saturated heterocycles. The van der Waals surface area contributed by atoms with Crippen molar-refractivity contribution < 1.29 is 19.2 Å². The van der Waals surface area contributed by atoms with Crippen molar-refractivity contribution in [1.82, 2.24) is 4.57 Å². The van der Waals surface area contributed by atoms with Crippen LogP contribution < -0.4 is 0 Å². The monoisotopic (exact) mass is 668 g/mol. The highest BCUT2D eigenvalue weighted by Gasteiger charge is 2.42. The van der Waals surface area contributed by atoms with Gasteiger partial charge in [0.05, 0.1) is 0 Å². The van der Waals surface area contributed by atoms with Crippen molar-refractivity contribution in [3.63, 3.8) is 0 Å². The number of Topliss-reactive ketones (excluding diaryl/α,β-unsaturated/α-hetero) is 1. The summed E-state index contributed by atoms with van der Waals surface area (Å²) in [4.78, 5) is 44.5. The minimum Gasteiger partial charge on any atom is -0.341 e. The molecule has 0 fully saturated rings. The summed E-state index contributed by atoms with van der Waals surface area (Å²) < 4.78 is 2.21. The van der Waals surface area contributed by atoms with Crippen LogP contribution in [0.5, 0.6) is 0 Å². The molecular weight excluding hydrogens is 620 g/mol. The summed E-state index contributed by atoms with van der Waals surface area (Å²) in [6.07, 6.45) is 7.03. The molecule has 50 heavy (non-hydrogen) atoms. The number of aryl methyl sites for hydroxylation is 1. The number of rotatable bonds is 14. The molecule has 5 aromatic rings. The lowest BCUT2D eigenvalue weighted by Gasteiger charge is -2.32. The van der Waals surface area contributed by atoms with E-state index in [4.69, 9.17) is 4.84 Å². The van der Waals surface area contributed by atoms with Gasteiger partial charge >= 0.3 is 5.97 Å². The highest BCUT2D eigenvalue weighted by molar-refractivity contribution is 6.46. The maximum absolute atomic E-state index is 14.4. The molecule has 1 heterocycles. The second kappa shape index (κ2) is 14.6. The first-order valence-corrected chi connectivity index (χ1v) is 18.3. The van der Waals surface area contributed by atoms with E-state index in [2.05, 4.69) is 66.9 Å². The lowest BCUT2D eigenvalue weighted by molar-refractivity contribution is -0.140. The molecule has 0 aliphatic heterocycles. The van der Waals surface area contributed by atoms with Crippen molar-refractivity contribution in [2.75, 3.05) is 0 Å². The van der Waals surface area contributed by atoms with Crippen molar-refractivity contribution in [3.8, 4) is 11.1 Å². The molecule has 6 nitrogen and oxygen atoms in total. The Balaban J connectivity index is 1.43. The first-order valence-electron chi connectivity index (χ1n) is 18.3. The van der Waals surface area contributed by atoms with E-state index < -0.39 is 5.97 Å². The van der Waals surface area contributed by atoms with Crippen molar-refractivity contribution in [3.05, 3.63) is 107 Å². The third-order valence-electron chi connectivity index (χ3n) is 10.3. The number of nitrogens with zero attached hydrogens (tertiary/aromatic N) is 2. The van der Waals surface area contributed by atoms with Crippen LogP contribution in [0.4, 0.5) is 0 Å². The number of carbonyl (C=O) groups excluding carboxylic acids is 3. The van der Waals surface area contributed by atoms with Crippen LogP contribution in [0.3, 0.4) is 0 Å². The zero-order chi connectivity index (χ0) is 35.6. The standard InChI is InChI=1S/C44H48N2O4/c1-7-10-22-44(23-11-8-2)37-15-13-12-14-33(37)34-19-16-32(27-38(34)44)42(48)30-17-20-40-35(25-30)36-26-31(18-21-41(36)46(40)9-3)43(49)39(24-28(4)5)45-50-29(6)47/h12-21,25-28H,7-11,22-24H2,1-6H3/b45-39+. The number of carbonyl (C=O) groups is 3. The first-order chi connectivity index (χ1) is 24.1.